The number of aryl methyl sites for hydroxylation is 1. The van der Waals surface area contributed by atoms with Gasteiger partial charge in [-0.1, -0.05) is 11.6 Å². The molecule has 0 aromatic carbocycles. The number of sulfone groups is 1. The van der Waals surface area contributed by atoms with Gasteiger partial charge in [-0.2, -0.15) is 4.98 Å². The second kappa shape index (κ2) is 3.14. The molecule has 0 unspecified atom stereocenters. The van der Waals surface area contributed by atoms with Crippen molar-refractivity contribution in [3.63, 3.8) is 0 Å². The largest absolute Gasteiger partial charge is 0.318 e. The Morgan fingerprint density at radius 1 is 1.40 bits per heavy atom. The van der Waals surface area contributed by atoms with Crippen molar-refractivity contribution in [3.8, 4) is 0 Å². The fourth-order valence-electron chi connectivity index (χ4n) is 1.12. The molecule has 0 saturated heterocycles. The lowest BCUT2D eigenvalue weighted by Gasteiger charge is -1.99. The predicted octanol–water partition coefficient (Wildman–Crippen LogP) is 0.420. The first-order valence-corrected chi connectivity index (χ1v) is 6.21. The van der Waals surface area contributed by atoms with Crippen LogP contribution in [0, 0.1) is 0 Å². The molecule has 0 N–H and O–H groups in total. The molecule has 0 saturated carbocycles. The molecule has 0 amide bonds. The van der Waals surface area contributed by atoms with Crippen LogP contribution in [0.4, 0.5) is 0 Å². The molecule has 2 aromatic rings. The molecular weight excluding hydrogens is 240 g/mol. The Kier molecular flexibility index (Phi) is 2.16. The van der Waals surface area contributed by atoms with E-state index in [1.54, 1.807) is 11.6 Å². The molecular formula is C7H7ClN4O2S. The lowest BCUT2D eigenvalue weighted by atomic mass is 10.5. The quantitative estimate of drug-likeness (QED) is 0.538. The first-order chi connectivity index (χ1) is 6.89. The van der Waals surface area contributed by atoms with E-state index in [0.717, 1.165) is 6.26 Å². The van der Waals surface area contributed by atoms with Crippen LogP contribution in [0.5, 0.6) is 0 Å². The molecule has 0 aliphatic heterocycles. The maximum absolute atomic E-state index is 11.2. The van der Waals surface area contributed by atoms with Gasteiger partial charge in [-0.25, -0.2) is 18.4 Å². The zero-order chi connectivity index (χ0) is 11.2. The van der Waals surface area contributed by atoms with E-state index in [1.165, 1.54) is 6.33 Å². The Labute approximate surface area is 90.8 Å². The highest BCUT2D eigenvalue weighted by atomic mass is 35.5. The van der Waals surface area contributed by atoms with E-state index in [0.29, 0.717) is 11.2 Å². The van der Waals surface area contributed by atoms with E-state index in [4.69, 9.17) is 11.6 Å². The number of halogens is 1. The summed E-state index contributed by atoms with van der Waals surface area (Å²) in [6.45, 7) is 0. The van der Waals surface area contributed by atoms with Crippen LogP contribution < -0.4 is 0 Å². The molecule has 0 fully saturated rings. The van der Waals surface area contributed by atoms with Crippen molar-refractivity contribution in [3.05, 3.63) is 11.5 Å². The lowest BCUT2D eigenvalue weighted by Crippen LogP contribution is -2.05. The highest BCUT2D eigenvalue weighted by molar-refractivity contribution is 7.90. The van der Waals surface area contributed by atoms with Gasteiger partial charge in [-0.15, -0.1) is 0 Å². The smallest absolute Gasteiger partial charge is 0.250 e. The molecule has 15 heavy (non-hydrogen) atoms. The molecule has 0 aliphatic carbocycles. The maximum Gasteiger partial charge on any atom is 0.250 e. The van der Waals surface area contributed by atoms with Crippen LogP contribution in [0.1, 0.15) is 0 Å². The van der Waals surface area contributed by atoms with E-state index in [2.05, 4.69) is 15.0 Å². The van der Waals surface area contributed by atoms with Crippen LogP contribution in [0.25, 0.3) is 11.2 Å². The number of imidazole rings is 1. The molecule has 0 bridgehead atoms. The summed E-state index contributed by atoms with van der Waals surface area (Å²) in [6.07, 6.45) is 2.53. The van der Waals surface area contributed by atoms with Crippen molar-refractivity contribution in [2.45, 2.75) is 5.16 Å². The maximum atomic E-state index is 11.2. The van der Waals surface area contributed by atoms with Crippen LogP contribution in [0.15, 0.2) is 11.5 Å². The van der Waals surface area contributed by atoms with Gasteiger partial charge in [0.2, 0.25) is 15.0 Å². The van der Waals surface area contributed by atoms with E-state index >= 15 is 0 Å². The Balaban J connectivity index is 2.88. The topological polar surface area (TPSA) is 77.7 Å². The van der Waals surface area contributed by atoms with E-state index in [9.17, 15) is 8.42 Å². The number of aromatic nitrogens is 4. The van der Waals surface area contributed by atoms with Gasteiger partial charge in [0.05, 0.1) is 6.33 Å². The summed E-state index contributed by atoms with van der Waals surface area (Å²) in [5.41, 5.74) is 0.794. The molecule has 8 heteroatoms. The van der Waals surface area contributed by atoms with Gasteiger partial charge in [-0.05, 0) is 0 Å². The third-order valence-electron chi connectivity index (χ3n) is 1.83. The second-order valence-electron chi connectivity index (χ2n) is 3.10. The molecule has 2 heterocycles. The summed E-state index contributed by atoms with van der Waals surface area (Å²) in [5.74, 6) is 0. The predicted molar refractivity (Wildman–Crippen MR) is 54.4 cm³/mol. The monoisotopic (exact) mass is 246 g/mol. The van der Waals surface area contributed by atoms with Gasteiger partial charge >= 0.3 is 0 Å². The zero-order valence-corrected chi connectivity index (χ0v) is 9.54. The Bertz CT molecular complexity index is 634. The van der Waals surface area contributed by atoms with E-state index < -0.39 is 9.84 Å². The number of hydrogen-bond acceptors (Lipinski definition) is 5. The fraction of sp³-hybridized carbons (Fsp3) is 0.286. The third kappa shape index (κ3) is 1.68. The summed E-state index contributed by atoms with van der Waals surface area (Å²) in [6, 6.07) is 0. The number of hydrogen-bond donors (Lipinski definition) is 0. The average molecular weight is 247 g/mol. The van der Waals surface area contributed by atoms with Crippen molar-refractivity contribution >= 4 is 32.6 Å². The van der Waals surface area contributed by atoms with Crippen LogP contribution in [-0.2, 0) is 16.9 Å². The Morgan fingerprint density at radius 3 is 2.67 bits per heavy atom. The molecule has 0 atom stereocenters. The van der Waals surface area contributed by atoms with Crippen LogP contribution >= 0.6 is 11.6 Å². The SMILES string of the molecule is Cn1cnc2c(Cl)nc(S(C)(=O)=O)nc21. The summed E-state index contributed by atoms with van der Waals surface area (Å²) in [7, 11) is -1.76. The minimum absolute atomic E-state index is 0.0426. The minimum atomic E-state index is -3.46. The van der Waals surface area contributed by atoms with Gasteiger partial charge in [0.25, 0.3) is 0 Å². The van der Waals surface area contributed by atoms with E-state index in [-0.39, 0.29) is 10.3 Å². The van der Waals surface area contributed by atoms with Gasteiger partial charge in [-0.3, -0.25) is 0 Å². The average Bonchev–Trinajstić information content (AvgIpc) is 2.47. The molecule has 2 rings (SSSR count). The number of nitrogens with zero attached hydrogens (tertiary/aromatic N) is 4. The Morgan fingerprint density at radius 2 is 2.07 bits per heavy atom. The Hall–Kier alpha value is -1.21. The summed E-state index contributed by atoms with van der Waals surface area (Å²) in [5, 5.41) is -0.246. The molecule has 0 radical (unpaired) electrons. The first kappa shape index (κ1) is 10.3. The summed E-state index contributed by atoms with van der Waals surface area (Å²) >= 11 is 5.79. The van der Waals surface area contributed by atoms with Crippen molar-refractivity contribution < 1.29 is 8.42 Å². The summed E-state index contributed by atoms with van der Waals surface area (Å²) < 4.78 is 24.1. The van der Waals surface area contributed by atoms with Crippen LogP contribution in [0.3, 0.4) is 0 Å². The lowest BCUT2D eigenvalue weighted by molar-refractivity contribution is 0.593. The fourth-order valence-corrected chi connectivity index (χ4v) is 1.89. The molecule has 2 aromatic heterocycles. The van der Waals surface area contributed by atoms with Crippen molar-refractivity contribution in [2.24, 2.45) is 7.05 Å². The van der Waals surface area contributed by atoms with Crippen LogP contribution in [0.2, 0.25) is 5.15 Å². The van der Waals surface area contributed by atoms with Crippen molar-refractivity contribution in [1.29, 1.82) is 0 Å². The van der Waals surface area contributed by atoms with E-state index in [1.807, 2.05) is 0 Å². The minimum Gasteiger partial charge on any atom is -0.318 e. The van der Waals surface area contributed by atoms with Gasteiger partial charge in [0, 0.05) is 13.3 Å². The summed E-state index contributed by atoms with van der Waals surface area (Å²) in [4.78, 5) is 11.5. The second-order valence-corrected chi connectivity index (χ2v) is 5.36. The third-order valence-corrected chi connectivity index (χ3v) is 2.94. The number of rotatable bonds is 1. The standard InChI is InChI=1S/C7H7ClN4O2S/c1-12-3-9-4-5(8)10-7(11-6(4)12)15(2,13)14/h3H,1-2H3. The first-order valence-electron chi connectivity index (χ1n) is 3.94. The van der Waals surface area contributed by atoms with Crippen molar-refractivity contribution in [1.82, 2.24) is 19.5 Å². The molecule has 0 spiro atoms. The molecule has 80 valence electrons. The highest BCUT2D eigenvalue weighted by Gasteiger charge is 2.16. The molecule has 6 nitrogen and oxygen atoms in total. The highest BCUT2D eigenvalue weighted by Crippen LogP contribution is 2.19. The van der Waals surface area contributed by atoms with Gasteiger partial charge < -0.3 is 4.57 Å². The van der Waals surface area contributed by atoms with Gasteiger partial charge in [0.1, 0.15) is 5.52 Å². The van der Waals surface area contributed by atoms with Gasteiger partial charge in [0.15, 0.2) is 10.8 Å². The number of fused-ring (bicyclic) bond motifs is 1. The molecule has 0 aliphatic rings. The zero-order valence-electron chi connectivity index (χ0n) is 7.97. The van der Waals surface area contributed by atoms with Crippen molar-refractivity contribution in [2.75, 3.05) is 6.26 Å². The van der Waals surface area contributed by atoms with Crippen LogP contribution in [-0.4, -0.2) is 34.2 Å². The normalized spacial score (nSPS) is 12.2.